The van der Waals surface area contributed by atoms with Crippen molar-refractivity contribution in [1.29, 1.82) is 0 Å². The molecule has 2 atom stereocenters. The van der Waals surface area contributed by atoms with E-state index in [4.69, 9.17) is 0 Å². The van der Waals surface area contributed by atoms with Crippen LogP contribution >= 0.6 is 0 Å². The number of aliphatic hydroxyl groups excluding tert-OH is 2. The van der Waals surface area contributed by atoms with Crippen molar-refractivity contribution in [2.24, 2.45) is 0 Å². The van der Waals surface area contributed by atoms with Gasteiger partial charge in [-0.25, -0.2) is 0 Å². The highest BCUT2D eigenvalue weighted by Gasteiger charge is 2.18. The summed E-state index contributed by atoms with van der Waals surface area (Å²) < 4.78 is 0. The van der Waals surface area contributed by atoms with Gasteiger partial charge in [0.1, 0.15) is 0 Å². The molecule has 0 rings (SSSR count). The minimum absolute atomic E-state index is 0.0684. The number of amides is 1. The number of hydrogen-bond donors (Lipinski definition) is 3. The van der Waals surface area contributed by atoms with E-state index in [2.05, 4.69) is 43.5 Å². The highest BCUT2D eigenvalue weighted by Crippen LogP contribution is 2.20. The SMILES string of the molecule is CCCCCCCCCCCCCCCCCCCCCCC/C=C/CC/C=C/CC/C=C/C(O)C(CO)NC(=O)CCCCCCCCCCCCCCCCCCCCCCCCCCCCCCCCCCCCCCCCCCC. The molecular formula is C80H155NO3. The molecule has 0 bridgehead atoms. The number of rotatable bonds is 74. The average Bonchev–Trinajstić information content (AvgIpc) is 3.51. The average molecular weight is 1180 g/mol. The number of hydrogen-bond acceptors (Lipinski definition) is 3. The second-order valence-electron chi connectivity index (χ2n) is 27.1. The largest absolute Gasteiger partial charge is 0.394 e. The number of allylic oxidation sites excluding steroid dienone is 5. The van der Waals surface area contributed by atoms with Gasteiger partial charge in [-0.3, -0.25) is 4.79 Å². The summed E-state index contributed by atoms with van der Waals surface area (Å²) in [4.78, 5) is 12.6. The highest BCUT2D eigenvalue weighted by atomic mass is 16.3. The van der Waals surface area contributed by atoms with Gasteiger partial charge in [-0.15, -0.1) is 0 Å². The second kappa shape index (κ2) is 75.9. The van der Waals surface area contributed by atoms with Crippen LogP contribution in [0.2, 0.25) is 0 Å². The van der Waals surface area contributed by atoms with Crippen LogP contribution in [-0.4, -0.2) is 34.9 Å². The molecule has 0 fully saturated rings. The van der Waals surface area contributed by atoms with Crippen LogP contribution in [0.15, 0.2) is 36.5 Å². The van der Waals surface area contributed by atoms with Gasteiger partial charge in [0.2, 0.25) is 5.91 Å². The van der Waals surface area contributed by atoms with Crippen LogP contribution in [0.4, 0.5) is 0 Å². The van der Waals surface area contributed by atoms with Crippen LogP contribution in [0.1, 0.15) is 450 Å². The lowest BCUT2D eigenvalue weighted by molar-refractivity contribution is -0.123. The Bertz CT molecular complexity index is 1290. The molecule has 0 aromatic heterocycles. The van der Waals surface area contributed by atoms with E-state index in [0.717, 1.165) is 38.5 Å². The highest BCUT2D eigenvalue weighted by molar-refractivity contribution is 5.76. The Labute approximate surface area is 529 Å². The maximum absolute atomic E-state index is 12.6. The van der Waals surface area contributed by atoms with Crippen molar-refractivity contribution in [2.75, 3.05) is 6.61 Å². The summed E-state index contributed by atoms with van der Waals surface area (Å²) in [7, 11) is 0. The topological polar surface area (TPSA) is 69.6 Å². The summed E-state index contributed by atoms with van der Waals surface area (Å²) in [5.74, 6) is -0.0684. The van der Waals surface area contributed by atoms with Crippen LogP contribution in [0, 0.1) is 0 Å². The zero-order valence-corrected chi connectivity index (χ0v) is 57.7. The quantitative estimate of drug-likeness (QED) is 0.0420. The van der Waals surface area contributed by atoms with Crippen molar-refractivity contribution in [3.8, 4) is 0 Å². The molecule has 3 N–H and O–H groups in total. The van der Waals surface area contributed by atoms with E-state index in [1.807, 2.05) is 6.08 Å². The molecule has 0 aliphatic heterocycles. The first kappa shape index (κ1) is 82.6. The number of carbonyl (C=O) groups excluding carboxylic acids is 1. The fourth-order valence-corrected chi connectivity index (χ4v) is 12.7. The molecule has 0 aromatic carbocycles. The molecule has 2 unspecified atom stereocenters. The Kier molecular flexibility index (Phi) is 74.6. The molecular weight excluding hydrogens is 1020 g/mol. The number of aliphatic hydroxyl groups is 2. The molecule has 0 radical (unpaired) electrons. The van der Waals surface area contributed by atoms with Gasteiger partial charge in [0.15, 0.2) is 0 Å². The van der Waals surface area contributed by atoms with Gasteiger partial charge in [0.05, 0.1) is 18.8 Å². The van der Waals surface area contributed by atoms with Crippen LogP contribution in [-0.2, 0) is 4.79 Å². The summed E-state index contributed by atoms with van der Waals surface area (Å²) in [5.41, 5.74) is 0. The lowest BCUT2D eigenvalue weighted by Crippen LogP contribution is -2.45. The fourth-order valence-electron chi connectivity index (χ4n) is 12.7. The predicted octanol–water partition coefficient (Wildman–Crippen LogP) is 27.1. The summed E-state index contributed by atoms with van der Waals surface area (Å²) >= 11 is 0. The Hall–Kier alpha value is -1.39. The minimum Gasteiger partial charge on any atom is -0.394 e. The van der Waals surface area contributed by atoms with E-state index < -0.39 is 12.1 Å². The van der Waals surface area contributed by atoms with Crippen molar-refractivity contribution in [3.05, 3.63) is 36.5 Å². The zero-order valence-electron chi connectivity index (χ0n) is 57.7. The fraction of sp³-hybridized carbons (Fsp3) is 0.912. The third-order valence-electron chi connectivity index (χ3n) is 18.6. The standard InChI is InChI=1S/C80H155NO3/c1-3-5-7-9-11-13-15-17-19-21-23-25-27-29-31-33-35-36-37-38-39-40-41-42-43-44-46-48-50-52-54-56-58-60-62-64-66-68-70-72-74-76-80(84)81-78(77-82)79(83)75-73-71-69-67-65-63-61-59-57-55-53-51-49-47-45-34-32-30-28-26-24-22-20-18-16-14-12-10-8-6-4-2/h57,59,65,67,73,75,78-79,82-83H,3-56,58,60-64,66,68-72,74,76-77H2,1-2H3,(H,81,84)/b59-57+,67-65+,75-73+. The molecule has 0 aliphatic carbocycles. The van der Waals surface area contributed by atoms with Gasteiger partial charge in [0, 0.05) is 6.42 Å². The molecule has 0 heterocycles. The molecule has 84 heavy (non-hydrogen) atoms. The van der Waals surface area contributed by atoms with Gasteiger partial charge in [-0.05, 0) is 44.9 Å². The number of carbonyl (C=O) groups is 1. The first-order chi connectivity index (χ1) is 41.7. The predicted molar refractivity (Wildman–Crippen MR) is 378 cm³/mol. The Morgan fingerprint density at radius 3 is 0.690 bits per heavy atom. The van der Waals surface area contributed by atoms with Crippen LogP contribution in [0.3, 0.4) is 0 Å². The van der Waals surface area contributed by atoms with Gasteiger partial charge < -0.3 is 15.5 Å². The lowest BCUT2D eigenvalue weighted by atomic mass is 10.0. The Morgan fingerprint density at radius 2 is 0.464 bits per heavy atom. The molecule has 0 spiro atoms. The van der Waals surface area contributed by atoms with Crippen molar-refractivity contribution in [1.82, 2.24) is 5.32 Å². The zero-order chi connectivity index (χ0) is 60.5. The second-order valence-corrected chi connectivity index (χ2v) is 27.1. The molecule has 0 saturated carbocycles. The van der Waals surface area contributed by atoms with Crippen molar-refractivity contribution >= 4 is 5.91 Å². The minimum atomic E-state index is -0.871. The molecule has 4 nitrogen and oxygen atoms in total. The summed E-state index contributed by atoms with van der Waals surface area (Å²) in [6.07, 6.45) is 106. The maximum atomic E-state index is 12.6. The van der Waals surface area contributed by atoms with E-state index in [1.54, 1.807) is 6.08 Å². The van der Waals surface area contributed by atoms with Crippen molar-refractivity contribution < 1.29 is 15.0 Å². The van der Waals surface area contributed by atoms with Crippen LogP contribution in [0.5, 0.6) is 0 Å². The lowest BCUT2D eigenvalue weighted by Gasteiger charge is -2.19. The van der Waals surface area contributed by atoms with Crippen LogP contribution < -0.4 is 5.32 Å². The molecule has 0 saturated heterocycles. The normalized spacial score (nSPS) is 12.8. The molecule has 0 aromatic rings. The van der Waals surface area contributed by atoms with Crippen LogP contribution in [0.25, 0.3) is 0 Å². The first-order valence-corrected chi connectivity index (χ1v) is 39.2. The third-order valence-corrected chi connectivity index (χ3v) is 18.6. The maximum Gasteiger partial charge on any atom is 0.220 e. The van der Waals surface area contributed by atoms with Gasteiger partial charge in [0.25, 0.3) is 0 Å². The summed E-state index contributed by atoms with van der Waals surface area (Å²) in [5, 5.41) is 23.3. The van der Waals surface area contributed by atoms with E-state index in [-0.39, 0.29) is 12.5 Å². The first-order valence-electron chi connectivity index (χ1n) is 39.2. The molecule has 0 aliphatic rings. The van der Waals surface area contributed by atoms with E-state index in [1.165, 1.54) is 392 Å². The smallest absolute Gasteiger partial charge is 0.220 e. The monoisotopic (exact) mass is 1180 g/mol. The van der Waals surface area contributed by atoms with Gasteiger partial charge in [-0.2, -0.15) is 0 Å². The van der Waals surface area contributed by atoms with Gasteiger partial charge >= 0.3 is 0 Å². The Morgan fingerprint density at radius 1 is 0.274 bits per heavy atom. The number of unbranched alkanes of at least 4 members (excludes halogenated alkanes) is 63. The van der Waals surface area contributed by atoms with E-state index in [0.29, 0.717) is 6.42 Å². The summed E-state index contributed by atoms with van der Waals surface area (Å²) in [6.45, 7) is 4.35. The van der Waals surface area contributed by atoms with E-state index >= 15 is 0 Å². The third kappa shape index (κ3) is 71.4. The number of nitrogens with one attached hydrogen (secondary N) is 1. The summed E-state index contributed by atoms with van der Waals surface area (Å²) in [6, 6.07) is -0.646. The molecule has 1 amide bonds. The molecule has 498 valence electrons. The van der Waals surface area contributed by atoms with Gasteiger partial charge in [-0.1, -0.05) is 436 Å². The van der Waals surface area contributed by atoms with Crippen molar-refractivity contribution in [3.63, 3.8) is 0 Å². The van der Waals surface area contributed by atoms with Crippen molar-refractivity contribution in [2.45, 2.75) is 463 Å². The Balaban J connectivity index is 3.41. The molecule has 4 heteroatoms. The van der Waals surface area contributed by atoms with E-state index in [9.17, 15) is 15.0 Å².